The van der Waals surface area contributed by atoms with Gasteiger partial charge in [-0.1, -0.05) is 36.0 Å². The van der Waals surface area contributed by atoms with E-state index in [4.69, 9.17) is 9.73 Å². The SMILES string of the molecule is CSC1=NC2(CC(c3ccccc3C)c3c(C)cc(O)cc3O2)CC(C)(C)N1. The molecule has 2 atom stereocenters. The molecule has 0 aromatic heterocycles. The summed E-state index contributed by atoms with van der Waals surface area (Å²) in [6.45, 7) is 8.59. The maximum Gasteiger partial charge on any atom is 0.206 e. The van der Waals surface area contributed by atoms with Crippen LogP contribution in [0.15, 0.2) is 41.4 Å². The molecule has 1 spiro atoms. The van der Waals surface area contributed by atoms with Gasteiger partial charge in [0.25, 0.3) is 0 Å². The summed E-state index contributed by atoms with van der Waals surface area (Å²) in [6.07, 6.45) is 3.58. The highest BCUT2D eigenvalue weighted by molar-refractivity contribution is 8.13. The van der Waals surface area contributed by atoms with Crippen molar-refractivity contribution in [2.75, 3.05) is 6.26 Å². The number of aromatic hydroxyl groups is 1. The van der Waals surface area contributed by atoms with Crippen LogP contribution in [0.5, 0.6) is 11.5 Å². The molecule has 2 aliphatic heterocycles. The third-order valence-electron chi connectivity index (χ3n) is 5.73. The largest absolute Gasteiger partial charge is 0.508 e. The van der Waals surface area contributed by atoms with Crippen LogP contribution in [0.4, 0.5) is 0 Å². The van der Waals surface area contributed by atoms with E-state index in [0.29, 0.717) is 0 Å². The molecule has 2 aromatic rings. The third kappa shape index (κ3) is 3.37. The van der Waals surface area contributed by atoms with Crippen molar-refractivity contribution in [1.82, 2.24) is 5.32 Å². The molecule has 5 heteroatoms. The summed E-state index contributed by atoms with van der Waals surface area (Å²) in [5.74, 6) is 1.16. The Morgan fingerprint density at radius 3 is 2.64 bits per heavy atom. The Kier molecular flexibility index (Phi) is 4.61. The van der Waals surface area contributed by atoms with E-state index in [2.05, 4.69) is 50.4 Å². The van der Waals surface area contributed by atoms with E-state index in [9.17, 15) is 5.11 Å². The molecule has 0 saturated carbocycles. The molecular weight excluding hydrogens is 368 g/mol. The van der Waals surface area contributed by atoms with Gasteiger partial charge in [0.2, 0.25) is 5.72 Å². The number of nitrogens with zero attached hydrogens (tertiary/aromatic N) is 1. The molecule has 0 saturated heterocycles. The minimum absolute atomic E-state index is 0.125. The number of hydrogen-bond donors (Lipinski definition) is 2. The average molecular weight is 397 g/mol. The third-order valence-corrected chi connectivity index (χ3v) is 6.31. The Labute approximate surface area is 171 Å². The zero-order valence-corrected chi connectivity index (χ0v) is 18.0. The number of fused-ring (bicyclic) bond motifs is 1. The van der Waals surface area contributed by atoms with Crippen molar-refractivity contribution in [3.05, 3.63) is 58.7 Å². The van der Waals surface area contributed by atoms with E-state index < -0.39 is 5.72 Å². The smallest absolute Gasteiger partial charge is 0.206 e. The summed E-state index contributed by atoms with van der Waals surface area (Å²) in [4.78, 5) is 5.02. The van der Waals surface area contributed by atoms with Crippen LogP contribution in [0.2, 0.25) is 0 Å². The van der Waals surface area contributed by atoms with Crippen molar-refractivity contribution in [1.29, 1.82) is 0 Å². The first-order chi connectivity index (χ1) is 13.2. The lowest BCUT2D eigenvalue weighted by molar-refractivity contribution is 0.0131. The second kappa shape index (κ2) is 6.73. The lowest BCUT2D eigenvalue weighted by Gasteiger charge is -2.47. The second-order valence-electron chi connectivity index (χ2n) is 8.64. The van der Waals surface area contributed by atoms with E-state index in [0.717, 1.165) is 34.9 Å². The van der Waals surface area contributed by atoms with Crippen LogP contribution < -0.4 is 10.1 Å². The lowest BCUT2D eigenvalue weighted by atomic mass is 9.75. The van der Waals surface area contributed by atoms with Gasteiger partial charge in [0.15, 0.2) is 5.17 Å². The fourth-order valence-electron chi connectivity index (χ4n) is 4.74. The number of thioether (sulfide) groups is 1. The van der Waals surface area contributed by atoms with Gasteiger partial charge < -0.3 is 15.2 Å². The molecule has 0 fully saturated rings. The van der Waals surface area contributed by atoms with Crippen LogP contribution >= 0.6 is 11.8 Å². The van der Waals surface area contributed by atoms with Gasteiger partial charge in [-0.05, 0) is 56.7 Å². The first-order valence-corrected chi connectivity index (χ1v) is 10.9. The molecular formula is C23H28N2O2S. The van der Waals surface area contributed by atoms with Crippen LogP contribution in [0, 0.1) is 13.8 Å². The van der Waals surface area contributed by atoms with Gasteiger partial charge in [0, 0.05) is 35.9 Å². The minimum Gasteiger partial charge on any atom is -0.508 e. The quantitative estimate of drug-likeness (QED) is 0.703. The topological polar surface area (TPSA) is 53.9 Å². The van der Waals surface area contributed by atoms with Gasteiger partial charge in [-0.25, -0.2) is 4.99 Å². The molecule has 2 unspecified atom stereocenters. The predicted molar refractivity (Wildman–Crippen MR) is 117 cm³/mol. The standard InChI is InChI=1S/C23H28N2O2S/c1-14-8-6-7-9-17(14)18-12-23(13-22(3,4)24-21(25-23)28-5)27-19-11-16(26)10-15(2)20(18)19/h6-11,18,26H,12-13H2,1-5H3,(H,24,25). The summed E-state index contributed by atoms with van der Waals surface area (Å²) in [7, 11) is 0. The zero-order chi connectivity index (χ0) is 20.1. The van der Waals surface area contributed by atoms with E-state index in [1.54, 1.807) is 17.8 Å². The molecule has 0 bridgehead atoms. The first-order valence-electron chi connectivity index (χ1n) is 9.72. The maximum atomic E-state index is 10.2. The molecule has 148 valence electrons. The molecule has 2 aromatic carbocycles. The Morgan fingerprint density at radius 1 is 1.18 bits per heavy atom. The Morgan fingerprint density at radius 2 is 1.93 bits per heavy atom. The number of hydrogen-bond acceptors (Lipinski definition) is 5. The van der Waals surface area contributed by atoms with Crippen LogP contribution in [0.25, 0.3) is 0 Å². The number of nitrogens with one attached hydrogen (secondary N) is 1. The average Bonchev–Trinajstić information content (AvgIpc) is 2.59. The highest BCUT2D eigenvalue weighted by atomic mass is 32.2. The van der Waals surface area contributed by atoms with Gasteiger partial charge in [-0.15, -0.1) is 0 Å². The number of phenols is 1. The number of aryl methyl sites for hydroxylation is 2. The van der Waals surface area contributed by atoms with Gasteiger partial charge in [0.1, 0.15) is 11.5 Å². The minimum atomic E-state index is -0.646. The fraction of sp³-hybridized carbons (Fsp3) is 0.435. The fourth-order valence-corrected chi connectivity index (χ4v) is 5.38. The van der Waals surface area contributed by atoms with Gasteiger partial charge in [0.05, 0.1) is 0 Å². The van der Waals surface area contributed by atoms with Crippen molar-refractivity contribution < 1.29 is 9.84 Å². The van der Waals surface area contributed by atoms with Gasteiger partial charge in [-0.2, -0.15) is 0 Å². The summed E-state index contributed by atoms with van der Waals surface area (Å²) >= 11 is 1.61. The second-order valence-corrected chi connectivity index (χ2v) is 9.44. The normalized spacial score (nSPS) is 25.5. The van der Waals surface area contributed by atoms with Gasteiger partial charge >= 0.3 is 0 Å². The molecule has 28 heavy (non-hydrogen) atoms. The number of benzene rings is 2. The monoisotopic (exact) mass is 396 g/mol. The summed E-state index contributed by atoms with van der Waals surface area (Å²) in [5, 5.41) is 14.6. The van der Waals surface area contributed by atoms with E-state index in [1.807, 2.05) is 19.2 Å². The molecule has 2 aliphatic rings. The number of amidine groups is 1. The molecule has 2 N–H and O–H groups in total. The molecule has 2 heterocycles. The molecule has 4 nitrogen and oxygen atoms in total. The van der Waals surface area contributed by atoms with Crippen molar-refractivity contribution >= 4 is 16.9 Å². The molecule has 0 aliphatic carbocycles. The number of phenolic OH excluding ortho intramolecular Hbond substituents is 1. The lowest BCUT2D eigenvalue weighted by Crippen LogP contribution is -2.57. The number of ether oxygens (including phenoxy) is 1. The summed E-state index contributed by atoms with van der Waals surface area (Å²) in [5.41, 5.74) is 4.02. The predicted octanol–water partition coefficient (Wildman–Crippen LogP) is 5.11. The highest BCUT2D eigenvalue weighted by Crippen LogP contribution is 2.51. The Bertz CT molecular complexity index is 954. The van der Waals surface area contributed by atoms with Crippen LogP contribution in [-0.4, -0.2) is 27.8 Å². The summed E-state index contributed by atoms with van der Waals surface area (Å²) < 4.78 is 6.58. The molecule has 4 rings (SSSR count). The number of rotatable bonds is 1. The van der Waals surface area contributed by atoms with E-state index in [-0.39, 0.29) is 17.2 Å². The van der Waals surface area contributed by atoms with Gasteiger partial charge in [-0.3, -0.25) is 0 Å². The van der Waals surface area contributed by atoms with Crippen LogP contribution in [-0.2, 0) is 0 Å². The van der Waals surface area contributed by atoms with Crippen LogP contribution in [0.3, 0.4) is 0 Å². The Balaban J connectivity index is 1.92. The highest BCUT2D eigenvalue weighted by Gasteiger charge is 2.48. The molecule has 0 radical (unpaired) electrons. The first kappa shape index (κ1) is 19.2. The van der Waals surface area contributed by atoms with Crippen molar-refractivity contribution in [2.24, 2.45) is 4.99 Å². The molecule has 0 amide bonds. The van der Waals surface area contributed by atoms with Crippen LogP contribution in [0.1, 0.15) is 54.9 Å². The van der Waals surface area contributed by atoms with E-state index in [1.165, 1.54) is 11.1 Å². The Hall–Kier alpha value is -2.14. The van der Waals surface area contributed by atoms with Crippen molar-refractivity contribution in [3.8, 4) is 11.5 Å². The van der Waals surface area contributed by atoms with E-state index >= 15 is 0 Å². The summed E-state index contributed by atoms with van der Waals surface area (Å²) in [6, 6.07) is 12.1. The number of aliphatic imine (C=N–C) groups is 1. The maximum absolute atomic E-state index is 10.2. The van der Waals surface area contributed by atoms with Crippen molar-refractivity contribution in [3.63, 3.8) is 0 Å². The van der Waals surface area contributed by atoms with Crippen molar-refractivity contribution in [2.45, 2.75) is 57.7 Å². The zero-order valence-electron chi connectivity index (χ0n) is 17.2.